The number of sulfonamides is 1. The maximum atomic E-state index is 12.6. The highest BCUT2D eigenvalue weighted by molar-refractivity contribution is 7.89. The van der Waals surface area contributed by atoms with Crippen LogP contribution in [0.5, 0.6) is 0 Å². The van der Waals surface area contributed by atoms with Crippen LogP contribution in [-0.4, -0.2) is 49.2 Å². The molecule has 31 heavy (non-hydrogen) atoms. The summed E-state index contributed by atoms with van der Waals surface area (Å²) in [6, 6.07) is 10.7. The number of anilines is 1. The molecule has 2 aromatic carbocycles. The normalized spacial score (nSPS) is 14.6. The van der Waals surface area contributed by atoms with E-state index in [9.17, 15) is 28.1 Å². The summed E-state index contributed by atoms with van der Waals surface area (Å²) in [4.78, 5) is 34.3. The predicted octanol–water partition coefficient (Wildman–Crippen LogP) is 2.56. The van der Waals surface area contributed by atoms with Gasteiger partial charge in [-0.3, -0.25) is 14.9 Å². The van der Waals surface area contributed by atoms with Crippen LogP contribution in [0.15, 0.2) is 53.4 Å². The van der Waals surface area contributed by atoms with Crippen molar-refractivity contribution in [2.75, 3.05) is 25.0 Å². The monoisotopic (exact) mass is 447 g/mol. The number of amides is 1. The standard InChI is InChI=1S/C20H21N3O7S/c24-19(14-30-20(25)15-5-4-6-17(13-15)23(26)27)21-16-7-9-18(10-8-16)31(28,29)22-11-2-1-3-12-22/h4-10,13H,1-3,11-12,14H2,(H,21,24). The van der Waals surface area contributed by atoms with E-state index in [4.69, 9.17) is 4.74 Å². The smallest absolute Gasteiger partial charge is 0.338 e. The number of nitro benzene ring substituents is 1. The van der Waals surface area contributed by atoms with Gasteiger partial charge < -0.3 is 10.1 Å². The van der Waals surface area contributed by atoms with Crippen molar-refractivity contribution in [3.05, 3.63) is 64.2 Å². The van der Waals surface area contributed by atoms with Gasteiger partial charge in [-0.2, -0.15) is 4.31 Å². The number of rotatable bonds is 7. The summed E-state index contributed by atoms with van der Waals surface area (Å²) >= 11 is 0. The zero-order valence-electron chi connectivity index (χ0n) is 16.5. The number of carbonyl (C=O) groups is 2. The Morgan fingerprint density at radius 3 is 2.39 bits per heavy atom. The molecule has 1 amide bonds. The zero-order valence-corrected chi connectivity index (χ0v) is 17.3. The van der Waals surface area contributed by atoms with Gasteiger partial charge in [-0.1, -0.05) is 12.5 Å². The molecule has 2 aromatic rings. The third-order valence-electron chi connectivity index (χ3n) is 4.72. The Morgan fingerprint density at radius 1 is 1.06 bits per heavy atom. The first-order chi connectivity index (χ1) is 14.8. The summed E-state index contributed by atoms with van der Waals surface area (Å²) in [5.74, 6) is -1.51. The molecular formula is C20H21N3O7S. The first-order valence-corrected chi connectivity index (χ1v) is 11.0. The van der Waals surface area contributed by atoms with E-state index in [0.717, 1.165) is 25.3 Å². The van der Waals surface area contributed by atoms with Crippen LogP contribution in [0.2, 0.25) is 0 Å². The second-order valence-electron chi connectivity index (χ2n) is 6.92. The number of carbonyl (C=O) groups excluding carboxylic acids is 2. The minimum Gasteiger partial charge on any atom is -0.452 e. The van der Waals surface area contributed by atoms with Gasteiger partial charge in [0, 0.05) is 30.9 Å². The van der Waals surface area contributed by atoms with Crippen LogP contribution in [0.25, 0.3) is 0 Å². The zero-order chi connectivity index (χ0) is 22.4. The van der Waals surface area contributed by atoms with Crippen LogP contribution in [0, 0.1) is 10.1 Å². The van der Waals surface area contributed by atoms with E-state index < -0.39 is 33.4 Å². The molecule has 11 heteroatoms. The number of nitrogens with one attached hydrogen (secondary N) is 1. The molecule has 1 fully saturated rings. The van der Waals surface area contributed by atoms with Crippen molar-refractivity contribution in [1.82, 2.24) is 4.31 Å². The largest absolute Gasteiger partial charge is 0.452 e. The third-order valence-corrected chi connectivity index (χ3v) is 6.63. The van der Waals surface area contributed by atoms with Crippen molar-refractivity contribution in [2.24, 2.45) is 0 Å². The minimum absolute atomic E-state index is 0.0470. The van der Waals surface area contributed by atoms with E-state index in [1.807, 2.05) is 0 Å². The number of hydrogen-bond acceptors (Lipinski definition) is 7. The maximum Gasteiger partial charge on any atom is 0.338 e. The summed E-state index contributed by atoms with van der Waals surface area (Å²) in [7, 11) is -3.57. The number of nitrogens with zero attached hydrogens (tertiary/aromatic N) is 2. The molecule has 3 rings (SSSR count). The van der Waals surface area contributed by atoms with Crippen molar-refractivity contribution < 1.29 is 27.7 Å². The number of non-ortho nitro benzene ring substituents is 1. The molecule has 0 aromatic heterocycles. The molecule has 0 radical (unpaired) electrons. The summed E-state index contributed by atoms with van der Waals surface area (Å²) in [6.45, 7) is 0.392. The molecule has 1 aliphatic heterocycles. The Bertz CT molecular complexity index is 1080. The van der Waals surface area contributed by atoms with Crippen molar-refractivity contribution >= 4 is 33.3 Å². The van der Waals surface area contributed by atoms with Gasteiger partial charge in [0.05, 0.1) is 15.4 Å². The van der Waals surface area contributed by atoms with Gasteiger partial charge in [0.25, 0.3) is 11.6 Å². The van der Waals surface area contributed by atoms with E-state index in [-0.39, 0.29) is 16.1 Å². The molecule has 0 spiro atoms. The van der Waals surface area contributed by atoms with E-state index in [1.54, 1.807) is 0 Å². The Kier molecular flexibility index (Phi) is 6.98. The lowest BCUT2D eigenvalue weighted by Gasteiger charge is -2.25. The lowest BCUT2D eigenvalue weighted by atomic mass is 10.2. The van der Waals surface area contributed by atoms with Crippen LogP contribution in [0.1, 0.15) is 29.6 Å². The van der Waals surface area contributed by atoms with Crippen molar-refractivity contribution in [3.8, 4) is 0 Å². The Hall–Kier alpha value is -3.31. The van der Waals surface area contributed by atoms with Gasteiger partial charge in [0.15, 0.2) is 6.61 Å². The number of nitro groups is 1. The average Bonchev–Trinajstić information content (AvgIpc) is 2.78. The van der Waals surface area contributed by atoms with Gasteiger partial charge in [-0.25, -0.2) is 13.2 Å². The molecule has 10 nitrogen and oxygen atoms in total. The minimum atomic E-state index is -3.57. The average molecular weight is 447 g/mol. The van der Waals surface area contributed by atoms with Crippen LogP contribution in [-0.2, 0) is 19.6 Å². The van der Waals surface area contributed by atoms with Gasteiger partial charge >= 0.3 is 5.97 Å². The number of piperidine rings is 1. The van der Waals surface area contributed by atoms with Crippen LogP contribution >= 0.6 is 0 Å². The number of hydrogen-bond donors (Lipinski definition) is 1. The fourth-order valence-corrected chi connectivity index (χ4v) is 4.64. The second-order valence-corrected chi connectivity index (χ2v) is 8.86. The highest BCUT2D eigenvalue weighted by atomic mass is 32.2. The lowest BCUT2D eigenvalue weighted by Crippen LogP contribution is -2.35. The van der Waals surface area contributed by atoms with Gasteiger partial charge in [-0.15, -0.1) is 0 Å². The van der Waals surface area contributed by atoms with E-state index >= 15 is 0 Å². The van der Waals surface area contributed by atoms with Crippen molar-refractivity contribution in [3.63, 3.8) is 0 Å². The van der Waals surface area contributed by atoms with E-state index in [1.165, 1.54) is 46.8 Å². The molecular weight excluding hydrogens is 426 g/mol. The predicted molar refractivity (Wildman–Crippen MR) is 111 cm³/mol. The molecule has 1 N–H and O–H groups in total. The molecule has 0 aliphatic carbocycles. The molecule has 1 aliphatic rings. The fourth-order valence-electron chi connectivity index (χ4n) is 3.12. The molecule has 0 saturated carbocycles. The summed E-state index contributed by atoms with van der Waals surface area (Å²) in [6.07, 6.45) is 2.69. The first kappa shape index (κ1) is 22.4. The molecule has 0 bridgehead atoms. The van der Waals surface area contributed by atoms with Crippen molar-refractivity contribution in [1.29, 1.82) is 0 Å². The fraction of sp³-hybridized carbons (Fsp3) is 0.300. The molecule has 164 valence electrons. The number of benzene rings is 2. The lowest BCUT2D eigenvalue weighted by molar-refractivity contribution is -0.384. The van der Waals surface area contributed by atoms with Gasteiger partial charge in [0.2, 0.25) is 10.0 Å². The van der Waals surface area contributed by atoms with Crippen molar-refractivity contribution in [2.45, 2.75) is 24.2 Å². The molecule has 0 atom stereocenters. The van der Waals surface area contributed by atoms with E-state index in [2.05, 4.69) is 5.32 Å². The summed E-state index contributed by atoms with van der Waals surface area (Å²) in [5.41, 5.74) is 0.0294. The van der Waals surface area contributed by atoms with Crippen LogP contribution in [0.3, 0.4) is 0 Å². The van der Waals surface area contributed by atoms with Crippen LogP contribution < -0.4 is 5.32 Å². The van der Waals surface area contributed by atoms with Crippen LogP contribution in [0.4, 0.5) is 11.4 Å². The van der Waals surface area contributed by atoms with Gasteiger partial charge in [-0.05, 0) is 43.2 Å². The summed E-state index contributed by atoms with van der Waals surface area (Å²) < 4.78 is 31.6. The highest BCUT2D eigenvalue weighted by Crippen LogP contribution is 2.22. The van der Waals surface area contributed by atoms with E-state index in [0.29, 0.717) is 18.8 Å². The highest BCUT2D eigenvalue weighted by Gasteiger charge is 2.25. The molecule has 0 unspecified atom stereocenters. The molecule has 1 heterocycles. The first-order valence-electron chi connectivity index (χ1n) is 9.59. The van der Waals surface area contributed by atoms with Gasteiger partial charge in [0.1, 0.15) is 0 Å². The number of ether oxygens (including phenoxy) is 1. The second kappa shape index (κ2) is 9.67. The third kappa shape index (κ3) is 5.64. The number of esters is 1. The summed E-state index contributed by atoms with van der Waals surface area (Å²) in [5, 5.41) is 13.3. The maximum absolute atomic E-state index is 12.6. The quantitative estimate of drug-likeness (QED) is 0.391. The SMILES string of the molecule is O=C(COC(=O)c1cccc([N+](=O)[O-])c1)Nc1ccc(S(=O)(=O)N2CCCCC2)cc1. The Morgan fingerprint density at radius 2 is 1.74 bits per heavy atom. The topological polar surface area (TPSA) is 136 Å². The Labute approximate surface area is 179 Å². The Balaban J connectivity index is 1.55. The molecule has 1 saturated heterocycles.